The Labute approximate surface area is 146 Å². The van der Waals surface area contributed by atoms with E-state index >= 15 is 0 Å². The summed E-state index contributed by atoms with van der Waals surface area (Å²) in [6.07, 6.45) is 0.397. The maximum Gasteiger partial charge on any atom is 0.414 e. The maximum atomic E-state index is 12.0. The number of halogens is 1. The van der Waals surface area contributed by atoms with Crippen LogP contribution in [0.4, 0.5) is 10.6 Å². The lowest BCUT2D eigenvalue weighted by Crippen LogP contribution is -2.30. The number of ether oxygens (including phenoxy) is 1. The van der Waals surface area contributed by atoms with Crippen LogP contribution in [-0.2, 0) is 0 Å². The first-order chi connectivity index (χ1) is 11.5. The van der Waals surface area contributed by atoms with Crippen LogP contribution in [0.3, 0.4) is 0 Å². The molecule has 24 heavy (non-hydrogen) atoms. The molecule has 2 N–H and O–H groups in total. The van der Waals surface area contributed by atoms with Crippen molar-refractivity contribution in [1.82, 2.24) is 19.5 Å². The van der Waals surface area contributed by atoms with Crippen LogP contribution in [0.2, 0.25) is 0 Å². The second-order valence-electron chi connectivity index (χ2n) is 5.21. The molecule has 0 spiro atoms. The summed E-state index contributed by atoms with van der Waals surface area (Å²) in [7, 11) is 1.68. The molecule has 0 fully saturated rings. The van der Waals surface area contributed by atoms with E-state index in [1.54, 1.807) is 25.2 Å². The highest BCUT2D eigenvalue weighted by Gasteiger charge is 2.15. The molecule has 0 aliphatic heterocycles. The predicted molar refractivity (Wildman–Crippen MR) is 91.7 cm³/mol. The third kappa shape index (κ3) is 3.21. The lowest BCUT2D eigenvalue weighted by Gasteiger charge is -2.15. The summed E-state index contributed by atoms with van der Waals surface area (Å²) in [6.45, 7) is 2.59. The van der Waals surface area contributed by atoms with E-state index in [0.29, 0.717) is 40.0 Å². The van der Waals surface area contributed by atoms with Crippen molar-refractivity contribution >= 4 is 33.5 Å². The lowest BCUT2D eigenvalue weighted by atomic mass is 10.4. The molecule has 0 unspecified atom stereocenters. The summed E-state index contributed by atoms with van der Waals surface area (Å²) in [6, 6.07) is 6.63. The van der Waals surface area contributed by atoms with Gasteiger partial charge < -0.3 is 19.8 Å². The topological polar surface area (TPSA) is 98.9 Å². The molecule has 0 aliphatic rings. The number of aromatic nitrogens is 3. The fraction of sp³-hybridized carbons (Fsp3) is 0.267. The maximum absolute atomic E-state index is 12.0. The molecule has 9 heteroatoms. The second kappa shape index (κ2) is 6.52. The van der Waals surface area contributed by atoms with Crippen molar-refractivity contribution < 1.29 is 13.9 Å². The minimum atomic E-state index is -0.449. The fourth-order valence-electron chi connectivity index (χ4n) is 2.19. The van der Waals surface area contributed by atoms with Crippen molar-refractivity contribution in [3.63, 3.8) is 0 Å². The zero-order valence-corrected chi connectivity index (χ0v) is 14.8. The van der Waals surface area contributed by atoms with Crippen LogP contribution in [0.1, 0.15) is 13.3 Å². The predicted octanol–water partition coefficient (Wildman–Crippen LogP) is 3.17. The van der Waals surface area contributed by atoms with Crippen LogP contribution < -0.4 is 10.5 Å². The Hall–Kier alpha value is -2.55. The second-order valence-corrected chi connectivity index (χ2v) is 6.00. The lowest BCUT2D eigenvalue weighted by molar-refractivity contribution is 0.163. The smallest absolute Gasteiger partial charge is 0.414 e. The molecular weight excluding hydrogens is 378 g/mol. The first-order valence-electron chi connectivity index (χ1n) is 7.33. The summed E-state index contributed by atoms with van der Waals surface area (Å²) in [5, 5.41) is 4.30. The fourth-order valence-corrected chi connectivity index (χ4v) is 2.49. The third-order valence-electron chi connectivity index (χ3n) is 3.31. The molecule has 0 atom stereocenters. The Morgan fingerprint density at radius 3 is 2.92 bits per heavy atom. The summed E-state index contributed by atoms with van der Waals surface area (Å²) >= 11 is 3.24. The quantitative estimate of drug-likeness (QED) is 0.730. The van der Waals surface area contributed by atoms with Gasteiger partial charge in [0, 0.05) is 25.7 Å². The number of carbonyl (C=O) groups is 1. The summed E-state index contributed by atoms with van der Waals surface area (Å²) in [5.41, 5.74) is 6.44. The Bertz CT molecular complexity index is 888. The van der Waals surface area contributed by atoms with Crippen molar-refractivity contribution in [2.75, 3.05) is 19.3 Å². The Balaban J connectivity index is 1.91. The van der Waals surface area contributed by atoms with Crippen molar-refractivity contribution in [3.05, 3.63) is 28.9 Å². The van der Waals surface area contributed by atoms with E-state index in [0.717, 1.165) is 6.42 Å². The molecule has 0 bridgehead atoms. The molecule has 3 rings (SSSR count). The van der Waals surface area contributed by atoms with Crippen LogP contribution in [-0.4, -0.2) is 39.2 Å². The molecule has 0 saturated carbocycles. The molecule has 126 valence electrons. The van der Waals surface area contributed by atoms with Gasteiger partial charge in [0.2, 0.25) is 5.82 Å². The van der Waals surface area contributed by atoms with Crippen LogP contribution in [0.25, 0.3) is 17.2 Å². The van der Waals surface area contributed by atoms with Gasteiger partial charge in [0.05, 0.1) is 0 Å². The monoisotopic (exact) mass is 393 g/mol. The Kier molecular flexibility index (Phi) is 4.43. The average Bonchev–Trinajstić information content (AvgIpc) is 3.13. The highest BCUT2D eigenvalue weighted by Crippen LogP contribution is 2.25. The number of fused-ring (bicyclic) bond motifs is 1. The molecule has 0 radical (unpaired) electrons. The van der Waals surface area contributed by atoms with Crippen molar-refractivity contribution in [3.8, 4) is 17.3 Å². The third-order valence-corrected chi connectivity index (χ3v) is 3.73. The number of nitrogen functional groups attached to an aromatic ring is 1. The largest absolute Gasteiger partial charge is 0.446 e. The summed E-state index contributed by atoms with van der Waals surface area (Å²) in [5.74, 6) is 1.51. The van der Waals surface area contributed by atoms with Gasteiger partial charge in [0.1, 0.15) is 11.6 Å². The summed E-state index contributed by atoms with van der Waals surface area (Å²) < 4.78 is 12.8. The zero-order valence-electron chi connectivity index (χ0n) is 13.2. The van der Waals surface area contributed by atoms with Crippen LogP contribution in [0.15, 0.2) is 33.4 Å². The molecule has 3 aromatic heterocycles. The highest BCUT2D eigenvalue weighted by molar-refractivity contribution is 9.10. The normalized spacial score (nSPS) is 11.0. The van der Waals surface area contributed by atoms with E-state index < -0.39 is 6.09 Å². The Morgan fingerprint density at radius 1 is 1.46 bits per heavy atom. The van der Waals surface area contributed by atoms with Crippen LogP contribution in [0, 0.1) is 0 Å². The van der Waals surface area contributed by atoms with Crippen molar-refractivity contribution in [2.45, 2.75) is 13.3 Å². The standard InChI is InChI=1S/C15H16BrN5O3/c1-3-6-20(2)15(22)23-9-7-12(17)21-13(8-9)18-14(19-21)10-4-5-11(16)24-10/h4-5,7-8H,3,6,17H2,1-2H3. The minimum Gasteiger partial charge on any atom is -0.446 e. The van der Waals surface area contributed by atoms with E-state index in [1.807, 2.05) is 6.92 Å². The van der Waals surface area contributed by atoms with Gasteiger partial charge in [-0.25, -0.2) is 9.78 Å². The van der Waals surface area contributed by atoms with Crippen LogP contribution >= 0.6 is 15.9 Å². The Morgan fingerprint density at radius 2 is 2.25 bits per heavy atom. The molecule has 1 amide bonds. The highest BCUT2D eigenvalue weighted by atomic mass is 79.9. The number of nitrogens with two attached hydrogens (primary N) is 1. The van der Waals surface area contributed by atoms with Gasteiger partial charge in [-0.1, -0.05) is 6.92 Å². The van der Waals surface area contributed by atoms with Gasteiger partial charge in [-0.3, -0.25) is 0 Å². The van der Waals surface area contributed by atoms with E-state index in [4.69, 9.17) is 14.9 Å². The number of hydrogen-bond acceptors (Lipinski definition) is 6. The number of rotatable bonds is 4. The summed E-state index contributed by atoms with van der Waals surface area (Å²) in [4.78, 5) is 17.8. The first kappa shape index (κ1) is 16.3. The first-order valence-corrected chi connectivity index (χ1v) is 8.12. The van der Waals surface area contributed by atoms with E-state index in [-0.39, 0.29) is 0 Å². The van der Waals surface area contributed by atoms with Crippen LogP contribution in [0.5, 0.6) is 5.75 Å². The van der Waals surface area contributed by atoms with Gasteiger partial charge in [-0.05, 0) is 34.5 Å². The molecule has 0 aliphatic carbocycles. The van der Waals surface area contributed by atoms with Gasteiger partial charge in [-0.2, -0.15) is 4.52 Å². The number of nitrogens with zero attached hydrogens (tertiary/aromatic N) is 4. The average molecular weight is 394 g/mol. The molecule has 3 heterocycles. The number of pyridine rings is 1. The number of anilines is 1. The van der Waals surface area contributed by atoms with Gasteiger partial charge in [0.15, 0.2) is 16.1 Å². The SMILES string of the molecule is CCCN(C)C(=O)Oc1cc(N)n2nc(-c3ccc(Br)o3)nc2c1. The number of amides is 1. The minimum absolute atomic E-state index is 0.304. The van der Waals surface area contributed by atoms with Crippen molar-refractivity contribution in [1.29, 1.82) is 0 Å². The van der Waals surface area contributed by atoms with Gasteiger partial charge in [-0.15, -0.1) is 5.10 Å². The number of furan rings is 1. The number of hydrogen-bond donors (Lipinski definition) is 1. The molecule has 0 saturated heterocycles. The van der Waals surface area contributed by atoms with E-state index in [1.165, 1.54) is 15.5 Å². The van der Waals surface area contributed by atoms with Gasteiger partial charge in [0.25, 0.3) is 0 Å². The van der Waals surface area contributed by atoms with E-state index in [9.17, 15) is 4.79 Å². The van der Waals surface area contributed by atoms with E-state index in [2.05, 4.69) is 26.0 Å². The number of carbonyl (C=O) groups excluding carboxylic acids is 1. The molecular formula is C15H16BrN5O3. The van der Waals surface area contributed by atoms with Crippen molar-refractivity contribution in [2.24, 2.45) is 0 Å². The van der Waals surface area contributed by atoms with Gasteiger partial charge >= 0.3 is 6.09 Å². The molecule has 0 aromatic carbocycles. The zero-order chi connectivity index (χ0) is 17.3. The molecule has 8 nitrogen and oxygen atoms in total. The molecule has 3 aromatic rings.